The molecule has 5 nitrogen and oxygen atoms in total. The van der Waals surface area contributed by atoms with Crippen molar-refractivity contribution in [3.05, 3.63) is 83.9 Å². The van der Waals surface area contributed by atoms with E-state index >= 15 is 0 Å². The van der Waals surface area contributed by atoms with Gasteiger partial charge in [0.1, 0.15) is 0 Å². The Morgan fingerprint density at radius 3 is 1.27 bits per heavy atom. The van der Waals surface area contributed by atoms with Gasteiger partial charge in [-0.15, -0.1) is 4.48 Å². The van der Waals surface area contributed by atoms with Gasteiger partial charge < -0.3 is 18.7 Å². The summed E-state index contributed by atoms with van der Waals surface area (Å²) in [6.45, 7) is 9.02. The van der Waals surface area contributed by atoms with Gasteiger partial charge in [0.25, 0.3) is 0 Å². The number of furan rings is 2. The molecule has 0 unspecified atom stereocenters. The summed E-state index contributed by atoms with van der Waals surface area (Å²) in [6.07, 6.45) is 17.0. The van der Waals surface area contributed by atoms with Gasteiger partial charge in [0, 0.05) is 21.5 Å². The van der Waals surface area contributed by atoms with Crippen molar-refractivity contribution >= 4 is 43.9 Å². The van der Waals surface area contributed by atoms with Crippen LogP contribution in [0, 0.1) is 23.3 Å². The van der Waals surface area contributed by atoms with Gasteiger partial charge in [-0.2, -0.15) is 14.7 Å². The minimum absolute atomic E-state index is 0.00185. The summed E-state index contributed by atoms with van der Waals surface area (Å²) in [5.74, 6) is 0.0438. The summed E-state index contributed by atoms with van der Waals surface area (Å²) in [4.78, 5) is 0. The second-order valence-corrected chi connectivity index (χ2v) is 12.0. The van der Waals surface area contributed by atoms with E-state index in [1.54, 1.807) is 24.3 Å². The SMILES string of the molecule is CCCCCCCC.CCCCCCCC.COc1ccc2c(oc3c(F)cccc32)c1F.NF.Oc1ccc2c(oc3c(F)cccc32)c1F. The van der Waals surface area contributed by atoms with Crippen molar-refractivity contribution in [3.8, 4) is 11.5 Å². The molecule has 0 saturated carbocycles. The molecule has 51 heavy (non-hydrogen) atoms. The molecular weight excluding hydrogens is 665 g/mol. The number of ether oxygens (including phenoxy) is 1. The normalized spacial score (nSPS) is 10.5. The number of para-hydroxylation sites is 2. The Bertz CT molecular complexity index is 1860. The second kappa shape index (κ2) is 23.2. The third-order valence-corrected chi connectivity index (χ3v) is 8.20. The van der Waals surface area contributed by atoms with E-state index in [2.05, 4.69) is 33.7 Å². The van der Waals surface area contributed by atoms with Crippen LogP contribution in [0.1, 0.15) is 105 Å². The Balaban J connectivity index is 0.000000246. The van der Waals surface area contributed by atoms with Gasteiger partial charge in [0.15, 0.2) is 45.5 Å². The van der Waals surface area contributed by atoms with Gasteiger partial charge >= 0.3 is 0 Å². The van der Waals surface area contributed by atoms with E-state index in [-0.39, 0.29) is 28.1 Å². The highest BCUT2D eigenvalue weighted by atomic mass is 19.2. The van der Waals surface area contributed by atoms with Crippen LogP contribution in [0.5, 0.6) is 11.5 Å². The van der Waals surface area contributed by atoms with Crippen molar-refractivity contribution in [1.82, 2.24) is 0 Å². The van der Waals surface area contributed by atoms with Crippen molar-refractivity contribution in [2.75, 3.05) is 7.11 Å². The number of hydrogen-bond acceptors (Lipinski definition) is 5. The number of aromatic hydroxyl groups is 1. The minimum Gasteiger partial charge on any atom is -0.505 e. The maximum atomic E-state index is 13.9. The average Bonchev–Trinajstić information content (AvgIpc) is 3.74. The van der Waals surface area contributed by atoms with E-state index in [1.165, 1.54) is 121 Å². The summed E-state index contributed by atoms with van der Waals surface area (Å²) in [5.41, 5.74) is -0.0406. The van der Waals surface area contributed by atoms with Gasteiger partial charge in [-0.1, -0.05) is 129 Å². The maximum absolute atomic E-state index is 13.9. The molecule has 0 saturated heterocycles. The van der Waals surface area contributed by atoms with Crippen LogP contribution in [0.2, 0.25) is 0 Å². The third-order valence-electron chi connectivity index (χ3n) is 8.20. The van der Waals surface area contributed by atoms with E-state index in [1.807, 2.05) is 0 Å². The van der Waals surface area contributed by atoms with Crippen LogP contribution in [0.15, 0.2) is 69.5 Å². The summed E-state index contributed by atoms with van der Waals surface area (Å²) in [5, 5.41) is 11.2. The monoisotopic (exact) mass is 717 g/mol. The molecule has 0 radical (unpaired) electrons. The highest BCUT2D eigenvalue weighted by Crippen LogP contribution is 2.36. The Labute approximate surface area is 297 Å². The predicted octanol–water partition coefficient (Wildman–Crippen LogP) is 14.0. The van der Waals surface area contributed by atoms with E-state index in [0.717, 1.165) is 0 Å². The van der Waals surface area contributed by atoms with E-state index in [9.17, 15) is 22.7 Å². The van der Waals surface area contributed by atoms with Crippen LogP contribution in [0.4, 0.5) is 22.0 Å². The molecule has 2 heterocycles. The zero-order chi connectivity index (χ0) is 37.8. The van der Waals surface area contributed by atoms with E-state index < -0.39 is 29.0 Å². The number of unbranched alkanes of at least 4 members (excludes halogenated alkanes) is 10. The molecule has 0 aliphatic rings. The first-order valence-electron chi connectivity index (χ1n) is 17.8. The average molecular weight is 718 g/mol. The van der Waals surface area contributed by atoms with Crippen LogP contribution in [-0.4, -0.2) is 12.2 Å². The van der Waals surface area contributed by atoms with Crippen molar-refractivity contribution in [2.45, 2.75) is 105 Å². The first kappa shape index (κ1) is 42.9. The first-order valence-corrected chi connectivity index (χ1v) is 17.8. The Morgan fingerprint density at radius 1 is 0.510 bits per heavy atom. The number of methoxy groups -OCH3 is 1. The number of halogens is 5. The fourth-order valence-electron chi connectivity index (χ4n) is 5.43. The molecule has 280 valence electrons. The molecule has 6 rings (SSSR count). The highest BCUT2D eigenvalue weighted by Gasteiger charge is 2.17. The molecule has 0 aliphatic carbocycles. The van der Waals surface area contributed by atoms with Gasteiger partial charge in [-0.25, -0.2) is 8.78 Å². The fraction of sp³-hybridized carbons (Fsp3) is 0.415. The van der Waals surface area contributed by atoms with Crippen LogP contribution < -0.4 is 10.7 Å². The summed E-state index contributed by atoms with van der Waals surface area (Å²) >= 11 is 0. The zero-order valence-corrected chi connectivity index (χ0v) is 30.4. The summed E-state index contributed by atoms with van der Waals surface area (Å²) in [6, 6.07) is 14.8. The number of fused-ring (bicyclic) bond motifs is 6. The Hall–Kier alpha value is -4.31. The lowest BCUT2D eigenvalue weighted by atomic mass is 10.1. The smallest absolute Gasteiger partial charge is 0.208 e. The van der Waals surface area contributed by atoms with E-state index in [0.29, 0.717) is 21.5 Å². The second-order valence-electron chi connectivity index (χ2n) is 12.0. The maximum Gasteiger partial charge on any atom is 0.208 e. The van der Waals surface area contributed by atoms with Crippen LogP contribution in [-0.2, 0) is 0 Å². The molecule has 6 aromatic rings. The molecule has 0 spiro atoms. The van der Waals surface area contributed by atoms with Gasteiger partial charge in [0.2, 0.25) is 11.6 Å². The number of hydrogen-bond donors (Lipinski definition) is 2. The fourth-order valence-corrected chi connectivity index (χ4v) is 5.43. The predicted molar refractivity (Wildman–Crippen MR) is 199 cm³/mol. The molecule has 3 N–H and O–H groups in total. The standard InChI is InChI=1S/C13H8F2O2.C12H6F2O2.2C8H18.FH2N/c1-16-10-6-5-8-7-3-2-4-9(14)12(7)17-13(8)11(10)15;13-8-3-1-2-6-7-4-5-9(15)10(14)12(7)16-11(6)8;2*1-3-5-7-8-6-4-2;1-2/h2-6H,1H3;1-5,15H;2*3-8H2,1-2H3;2H2. The summed E-state index contributed by atoms with van der Waals surface area (Å²) in [7, 11) is 1.37. The number of phenols is 1. The van der Waals surface area contributed by atoms with Gasteiger partial charge in [0.05, 0.1) is 7.11 Å². The highest BCUT2D eigenvalue weighted by molar-refractivity contribution is 6.06. The third kappa shape index (κ3) is 11.9. The molecule has 0 atom stereocenters. The Morgan fingerprint density at radius 2 is 0.882 bits per heavy atom. The van der Waals surface area contributed by atoms with Crippen LogP contribution in [0.25, 0.3) is 43.9 Å². The van der Waals surface area contributed by atoms with E-state index in [4.69, 9.17) is 18.1 Å². The summed E-state index contributed by atoms with van der Waals surface area (Å²) < 4.78 is 78.4. The number of rotatable bonds is 11. The van der Waals surface area contributed by atoms with Crippen LogP contribution >= 0.6 is 0 Å². The molecule has 4 aromatic carbocycles. The first-order chi connectivity index (χ1) is 24.7. The van der Waals surface area contributed by atoms with Crippen molar-refractivity contribution in [2.24, 2.45) is 5.96 Å². The lowest BCUT2D eigenvalue weighted by Gasteiger charge is -2.00. The van der Waals surface area contributed by atoms with Crippen LogP contribution in [0.3, 0.4) is 0 Å². The number of nitrogens with two attached hydrogens (primary N) is 1. The lowest BCUT2D eigenvalue weighted by molar-refractivity contribution is 0.385. The Kier molecular flexibility index (Phi) is 19.5. The number of benzene rings is 4. The molecule has 0 fully saturated rings. The topological polar surface area (TPSA) is 81.8 Å². The number of phenolic OH excluding ortho intramolecular Hbond substituents is 1. The minimum atomic E-state index is -0.867. The zero-order valence-electron chi connectivity index (χ0n) is 30.4. The molecule has 0 amide bonds. The van der Waals surface area contributed by atoms with Crippen molar-refractivity contribution in [1.29, 1.82) is 0 Å². The largest absolute Gasteiger partial charge is 0.505 e. The van der Waals surface area contributed by atoms with Gasteiger partial charge in [-0.05, 0) is 36.4 Å². The molecular formula is C41H52F5NO4. The molecule has 2 aromatic heterocycles. The quantitative estimate of drug-likeness (QED) is 0.0792. The lowest BCUT2D eigenvalue weighted by Crippen LogP contribution is -1.87. The van der Waals surface area contributed by atoms with Gasteiger partial charge in [-0.3, -0.25) is 0 Å². The molecule has 10 heteroatoms. The van der Waals surface area contributed by atoms with Crippen molar-refractivity contribution in [3.63, 3.8) is 0 Å². The molecule has 0 bridgehead atoms. The molecule has 0 aliphatic heterocycles. The van der Waals surface area contributed by atoms with Crippen molar-refractivity contribution < 1.29 is 40.7 Å².